The Morgan fingerprint density at radius 2 is 1.93 bits per heavy atom. The number of hydrogen-bond donors (Lipinski definition) is 2. The van der Waals surface area contributed by atoms with Gasteiger partial charge in [0.15, 0.2) is 5.78 Å². The molecule has 0 saturated heterocycles. The van der Waals surface area contributed by atoms with Crippen molar-refractivity contribution in [1.29, 1.82) is 0 Å². The Kier molecular flexibility index (Phi) is 6.57. The molecule has 3 aromatic rings. The number of nitro groups is 1. The standard InChI is InChI=1S/C17H14BrN7O3S/c18-13-5-3-12(4-6-13)15(26)10-29-17-23-22-16(24(17)19)21-20-9-11-1-7-14(8-2-11)25(27)28/h1-9H,10,19H2,(H,21,22)/b20-9+. The molecule has 2 aromatic carbocycles. The lowest BCUT2D eigenvalue weighted by molar-refractivity contribution is -0.384. The molecule has 0 bridgehead atoms. The Labute approximate surface area is 177 Å². The van der Waals surface area contributed by atoms with Crippen LogP contribution in [0.15, 0.2) is 63.3 Å². The van der Waals surface area contributed by atoms with Crippen molar-refractivity contribution in [2.45, 2.75) is 5.16 Å². The van der Waals surface area contributed by atoms with Crippen molar-refractivity contribution >= 4 is 51.3 Å². The van der Waals surface area contributed by atoms with Gasteiger partial charge in [-0.05, 0) is 29.8 Å². The van der Waals surface area contributed by atoms with Gasteiger partial charge in [0.1, 0.15) is 0 Å². The van der Waals surface area contributed by atoms with Crippen LogP contribution in [0.2, 0.25) is 0 Å². The number of hydrogen-bond acceptors (Lipinski definition) is 9. The third-order valence-corrected chi connectivity index (χ3v) is 5.12. The molecule has 0 aliphatic heterocycles. The number of aromatic nitrogens is 3. The molecule has 1 aromatic heterocycles. The topological polar surface area (TPSA) is 141 Å². The number of carbonyl (C=O) groups excluding carboxylic acids is 1. The molecule has 0 spiro atoms. The minimum Gasteiger partial charge on any atom is -0.334 e. The molecule has 0 aliphatic carbocycles. The number of thioether (sulfide) groups is 1. The minimum absolute atomic E-state index is 0.00355. The molecule has 0 atom stereocenters. The van der Waals surface area contributed by atoms with E-state index in [-0.39, 0.29) is 23.2 Å². The number of Topliss-reactive ketones (excluding diaryl/α,β-unsaturated/α-hetero) is 1. The first-order valence-corrected chi connectivity index (χ1v) is 9.87. The predicted octanol–water partition coefficient (Wildman–Crippen LogP) is 3.08. The summed E-state index contributed by atoms with van der Waals surface area (Å²) in [6.45, 7) is 0. The molecule has 29 heavy (non-hydrogen) atoms. The van der Waals surface area contributed by atoms with Crippen LogP contribution in [0, 0.1) is 10.1 Å². The van der Waals surface area contributed by atoms with Crippen LogP contribution in [0.3, 0.4) is 0 Å². The molecule has 12 heteroatoms. The summed E-state index contributed by atoms with van der Waals surface area (Å²) in [5.74, 6) is 6.20. The number of halogens is 1. The summed E-state index contributed by atoms with van der Waals surface area (Å²) in [5, 5.41) is 22.8. The van der Waals surface area contributed by atoms with Crippen LogP contribution in [0.1, 0.15) is 15.9 Å². The Morgan fingerprint density at radius 1 is 1.24 bits per heavy atom. The fourth-order valence-corrected chi connectivity index (χ4v) is 3.16. The number of anilines is 1. The highest BCUT2D eigenvalue weighted by atomic mass is 79.9. The molecule has 0 radical (unpaired) electrons. The van der Waals surface area contributed by atoms with E-state index in [0.717, 1.165) is 16.2 Å². The number of carbonyl (C=O) groups is 1. The van der Waals surface area contributed by atoms with Gasteiger partial charge in [-0.1, -0.05) is 39.8 Å². The van der Waals surface area contributed by atoms with Gasteiger partial charge in [0.05, 0.1) is 16.9 Å². The lowest BCUT2D eigenvalue weighted by Crippen LogP contribution is -2.14. The number of nitrogen functional groups attached to an aromatic ring is 1. The number of non-ortho nitro benzene ring substituents is 1. The van der Waals surface area contributed by atoms with Gasteiger partial charge in [0.25, 0.3) is 11.6 Å². The van der Waals surface area contributed by atoms with Crippen molar-refractivity contribution in [2.24, 2.45) is 5.10 Å². The van der Waals surface area contributed by atoms with E-state index >= 15 is 0 Å². The van der Waals surface area contributed by atoms with Gasteiger partial charge in [-0.2, -0.15) is 5.10 Å². The quantitative estimate of drug-likeness (QED) is 0.126. The molecule has 0 saturated carbocycles. The molecule has 0 fully saturated rings. The number of benzene rings is 2. The molecular weight excluding hydrogens is 462 g/mol. The van der Waals surface area contributed by atoms with Crippen molar-refractivity contribution in [1.82, 2.24) is 14.9 Å². The fraction of sp³-hybridized carbons (Fsp3) is 0.0588. The Hall–Kier alpha value is -3.25. The summed E-state index contributed by atoms with van der Waals surface area (Å²) in [5.41, 5.74) is 3.88. The first-order valence-electron chi connectivity index (χ1n) is 8.09. The zero-order valence-corrected chi connectivity index (χ0v) is 17.1. The van der Waals surface area contributed by atoms with Crippen LogP contribution in [-0.2, 0) is 0 Å². The average Bonchev–Trinajstić information content (AvgIpc) is 3.07. The maximum absolute atomic E-state index is 12.2. The second-order valence-corrected chi connectivity index (χ2v) is 7.47. The number of nitrogens with one attached hydrogen (secondary N) is 1. The first kappa shape index (κ1) is 20.5. The largest absolute Gasteiger partial charge is 0.334 e. The monoisotopic (exact) mass is 475 g/mol. The number of nitrogens with two attached hydrogens (primary N) is 1. The number of ketones is 1. The van der Waals surface area contributed by atoms with Crippen LogP contribution < -0.4 is 11.3 Å². The van der Waals surface area contributed by atoms with Crippen LogP contribution in [0.25, 0.3) is 0 Å². The van der Waals surface area contributed by atoms with E-state index in [0.29, 0.717) is 16.3 Å². The summed E-state index contributed by atoms with van der Waals surface area (Å²) >= 11 is 4.48. The number of rotatable bonds is 8. The van der Waals surface area contributed by atoms with Gasteiger partial charge >= 0.3 is 0 Å². The van der Waals surface area contributed by atoms with Crippen molar-refractivity contribution in [2.75, 3.05) is 17.0 Å². The SMILES string of the molecule is Nn1c(N/N=C/c2ccc([N+](=O)[O-])cc2)nnc1SCC(=O)c1ccc(Br)cc1. The average molecular weight is 476 g/mol. The van der Waals surface area contributed by atoms with Gasteiger partial charge in [-0.3, -0.25) is 14.9 Å². The van der Waals surface area contributed by atoms with E-state index in [1.807, 2.05) is 0 Å². The smallest absolute Gasteiger partial charge is 0.269 e. The van der Waals surface area contributed by atoms with Crippen molar-refractivity contribution in [3.8, 4) is 0 Å². The lowest BCUT2D eigenvalue weighted by Gasteiger charge is -2.03. The number of nitrogens with zero attached hydrogens (tertiary/aromatic N) is 5. The first-order chi connectivity index (χ1) is 13.9. The zero-order chi connectivity index (χ0) is 20.8. The third kappa shape index (κ3) is 5.39. The third-order valence-electron chi connectivity index (χ3n) is 3.65. The maximum atomic E-state index is 12.2. The van der Waals surface area contributed by atoms with Crippen molar-refractivity contribution in [3.05, 3.63) is 74.2 Å². The molecule has 0 unspecified atom stereocenters. The van der Waals surface area contributed by atoms with E-state index in [1.54, 1.807) is 36.4 Å². The molecule has 0 aliphatic rings. The molecule has 10 nitrogen and oxygen atoms in total. The van der Waals surface area contributed by atoms with E-state index < -0.39 is 4.92 Å². The van der Waals surface area contributed by atoms with Gasteiger partial charge in [-0.25, -0.2) is 10.1 Å². The van der Waals surface area contributed by atoms with Gasteiger partial charge in [0, 0.05) is 22.2 Å². The molecule has 1 heterocycles. The molecule has 148 valence electrons. The predicted molar refractivity (Wildman–Crippen MR) is 114 cm³/mol. The van der Waals surface area contributed by atoms with E-state index in [2.05, 4.69) is 36.7 Å². The van der Waals surface area contributed by atoms with Crippen LogP contribution in [0.5, 0.6) is 0 Å². The lowest BCUT2D eigenvalue weighted by atomic mass is 10.2. The van der Waals surface area contributed by atoms with E-state index in [4.69, 9.17) is 5.84 Å². The number of nitro benzene ring substituents is 1. The summed E-state index contributed by atoms with van der Waals surface area (Å²) in [6.07, 6.45) is 1.46. The normalized spacial score (nSPS) is 10.9. The summed E-state index contributed by atoms with van der Waals surface area (Å²) in [4.78, 5) is 22.4. The minimum atomic E-state index is -0.475. The highest BCUT2D eigenvalue weighted by Gasteiger charge is 2.13. The summed E-state index contributed by atoms with van der Waals surface area (Å²) in [6, 6.07) is 13.0. The van der Waals surface area contributed by atoms with Gasteiger partial charge in [-0.15, -0.1) is 10.2 Å². The Balaban J connectivity index is 1.56. The van der Waals surface area contributed by atoms with Crippen molar-refractivity contribution < 1.29 is 9.72 Å². The Bertz CT molecular complexity index is 1050. The number of hydrazone groups is 1. The van der Waals surface area contributed by atoms with Gasteiger partial charge in [0.2, 0.25) is 5.16 Å². The highest BCUT2D eigenvalue weighted by Crippen LogP contribution is 2.19. The molecule has 3 rings (SSSR count). The zero-order valence-electron chi connectivity index (χ0n) is 14.7. The summed E-state index contributed by atoms with van der Waals surface area (Å²) < 4.78 is 2.08. The van der Waals surface area contributed by atoms with Crippen LogP contribution in [0.4, 0.5) is 11.6 Å². The highest BCUT2D eigenvalue weighted by molar-refractivity contribution is 9.10. The molecule has 0 amide bonds. The van der Waals surface area contributed by atoms with Crippen LogP contribution in [-0.4, -0.2) is 37.5 Å². The van der Waals surface area contributed by atoms with E-state index in [1.165, 1.54) is 23.0 Å². The second-order valence-electron chi connectivity index (χ2n) is 5.61. The van der Waals surface area contributed by atoms with E-state index in [9.17, 15) is 14.9 Å². The maximum Gasteiger partial charge on any atom is 0.269 e. The summed E-state index contributed by atoms with van der Waals surface area (Å²) in [7, 11) is 0. The fourth-order valence-electron chi connectivity index (χ4n) is 2.15. The Morgan fingerprint density at radius 3 is 2.59 bits per heavy atom. The molecular formula is C17H14BrN7O3S. The molecule has 3 N–H and O–H groups in total. The van der Waals surface area contributed by atoms with Gasteiger partial charge < -0.3 is 5.84 Å². The van der Waals surface area contributed by atoms with Crippen LogP contribution >= 0.6 is 27.7 Å². The van der Waals surface area contributed by atoms with Crippen molar-refractivity contribution in [3.63, 3.8) is 0 Å². The second kappa shape index (κ2) is 9.30.